The summed E-state index contributed by atoms with van der Waals surface area (Å²) in [5.41, 5.74) is 2.79. The van der Waals surface area contributed by atoms with E-state index in [2.05, 4.69) is 9.78 Å². The van der Waals surface area contributed by atoms with Crippen LogP contribution in [-0.4, -0.2) is 35.0 Å². The van der Waals surface area contributed by atoms with Crippen molar-refractivity contribution in [1.29, 1.82) is 0 Å². The van der Waals surface area contributed by atoms with Gasteiger partial charge in [-0.1, -0.05) is 25.1 Å². The molecule has 26 heavy (non-hydrogen) atoms. The molecule has 0 aromatic heterocycles. The Labute approximate surface area is 149 Å². The molecule has 0 spiro atoms. The fraction of sp³-hybridized carbons (Fsp3) is 0.556. The van der Waals surface area contributed by atoms with E-state index >= 15 is 0 Å². The van der Waals surface area contributed by atoms with Crippen molar-refractivity contribution in [3.63, 3.8) is 0 Å². The number of esters is 2. The number of hydrogen-bond acceptors (Lipinski definition) is 8. The average molecular weight is 364 g/mol. The third kappa shape index (κ3) is 2.65. The molecule has 0 bridgehead atoms. The van der Waals surface area contributed by atoms with Crippen LogP contribution < -0.4 is 0 Å². The van der Waals surface area contributed by atoms with Gasteiger partial charge in [0.1, 0.15) is 0 Å². The summed E-state index contributed by atoms with van der Waals surface area (Å²) in [6, 6.07) is 5.84. The predicted molar refractivity (Wildman–Crippen MR) is 84.7 cm³/mol. The maximum atomic E-state index is 12.2. The molecular formula is C18H20O8. The third-order valence-electron chi connectivity index (χ3n) is 5.80. The zero-order valence-corrected chi connectivity index (χ0v) is 14.2. The molecule has 140 valence electrons. The number of fused-ring (bicyclic) bond motifs is 3. The quantitative estimate of drug-likeness (QED) is 0.362. The Morgan fingerprint density at radius 2 is 1.88 bits per heavy atom. The number of benzene rings is 1. The summed E-state index contributed by atoms with van der Waals surface area (Å²) < 4.78 is 10.2. The molecule has 0 radical (unpaired) electrons. The van der Waals surface area contributed by atoms with Crippen molar-refractivity contribution >= 4 is 11.9 Å². The van der Waals surface area contributed by atoms with E-state index in [9.17, 15) is 14.8 Å². The van der Waals surface area contributed by atoms with Gasteiger partial charge in [0.2, 0.25) is 0 Å². The second-order valence-electron chi connectivity index (χ2n) is 7.03. The fourth-order valence-corrected chi connectivity index (χ4v) is 4.53. The van der Waals surface area contributed by atoms with Crippen molar-refractivity contribution in [2.24, 2.45) is 11.8 Å². The highest BCUT2D eigenvalue weighted by atomic mass is 17.2. The van der Waals surface area contributed by atoms with E-state index in [0.717, 1.165) is 23.1 Å². The van der Waals surface area contributed by atoms with Gasteiger partial charge in [0.05, 0.1) is 11.8 Å². The molecule has 3 aliphatic rings. The fourth-order valence-electron chi connectivity index (χ4n) is 4.53. The second-order valence-corrected chi connectivity index (χ2v) is 7.03. The predicted octanol–water partition coefficient (Wildman–Crippen LogP) is 2.19. The molecule has 6 unspecified atom stereocenters. The van der Waals surface area contributed by atoms with Gasteiger partial charge in [0.15, 0.2) is 12.6 Å². The first-order valence-corrected chi connectivity index (χ1v) is 8.71. The van der Waals surface area contributed by atoms with E-state index in [0.29, 0.717) is 6.42 Å². The van der Waals surface area contributed by atoms with E-state index in [-0.39, 0.29) is 18.3 Å². The lowest BCUT2D eigenvalue weighted by Crippen LogP contribution is -2.33. The average Bonchev–Trinajstić information content (AvgIpc) is 3.21. The number of ether oxygens (including phenoxy) is 2. The first kappa shape index (κ1) is 17.6. The first-order chi connectivity index (χ1) is 12.6. The largest absolute Gasteiger partial charge is 0.392 e. The minimum Gasteiger partial charge on any atom is -0.392 e. The van der Waals surface area contributed by atoms with Crippen molar-refractivity contribution in [3.05, 3.63) is 34.9 Å². The summed E-state index contributed by atoms with van der Waals surface area (Å²) in [5, 5.41) is 18.1. The molecule has 0 amide bonds. The lowest BCUT2D eigenvalue weighted by atomic mass is 9.66. The van der Waals surface area contributed by atoms with Gasteiger partial charge in [-0.3, -0.25) is 9.59 Å². The van der Waals surface area contributed by atoms with Crippen LogP contribution in [0.25, 0.3) is 0 Å². The Morgan fingerprint density at radius 3 is 2.58 bits per heavy atom. The van der Waals surface area contributed by atoms with Gasteiger partial charge in [-0.25, -0.2) is 20.3 Å². The molecule has 1 aliphatic carbocycles. The Balaban J connectivity index is 1.78. The summed E-state index contributed by atoms with van der Waals surface area (Å²) in [7, 11) is 0. The van der Waals surface area contributed by atoms with E-state index < -0.39 is 36.4 Å². The van der Waals surface area contributed by atoms with Crippen molar-refractivity contribution in [2.75, 3.05) is 0 Å². The zero-order valence-electron chi connectivity index (χ0n) is 14.2. The number of carbonyl (C=O) groups excluding carboxylic acids is 2. The maximum Gasteiger partial charge on any atom is 0.321 e. The highest BCUT2D eigenvalue weighted by Crippen LogP contribution is 2.52. The Bertz CT molecular complexity index is 732. The molecule has 8 nitrogen and oxygen atoms in total. The van der Waals surface area contributed by atoms with Crippen LogP contribution >= 0.6 is 0 Å². The normalized spacial score (nSPS) is 36.0. The number of rotatable bonds is 4. The van der Waals surface area contributed by atoms with Crippen LogP contribution in [0.4, 0.5) is 0 Å². The molecule has 8 heteroatoms. The monoisotopic (exact) mass is 364 g/mol. The maximum absolute atomic E-state index is 12.2. The molecule has 6 atom stereocenters. The standard InChI is InChI=1S/C18H20O8/c1-2-8-3-4-9-10(5-8)11(6-13-15(9)17(20)24-16(13)19)12-7-14(25-21)23-18(12)26-22/h3-5,11-15,18,21-22H,2,6-7H2,1H3. The van der Waals surface area contributed by atoms with Gasteiger partial charge in [-0.15, -0.1) is 0 Å². The van der Waals surface area contributed by atoms with Crippen LogP contribution in [0.3, 0.4) is 0 Å². The van der Waals surface area contributed by atoms with Crippen LogP contribution in [0, 0.1) is 11.8 Å². The Kier molecular flexibility index (Phi) is 4.54. The minimum atomic E-state index is -1.00. The minimum absolute atomic E-state index is 0.214. The summed E-state index contributed by atoms with van der Waals surface area (Å²) in [5.74, 6) is -2.77. The SMILES string of the molecule is CCc1ccc2c(c1)C(C1CC(OO)OC1OO)CC1C(=O)OC(=O)C21. The molecule has 2 aliphatic heterocycles. The molecule has 2 fully saturated rings. The molecular weight excluding hydrogens is 344 g/mol. The molecule has 2 N–H and O–H groups in total. The molecule has 1 aromatic rings. The van der Waals surface area contributed by atoms with Gasteiger partial charge in [0, 0.05) is 12.3 Å². The molecule has 1 aromatic carbocycles. The summed E-state index contributed by atoms with van der Waals surface area (Å²) >= 11 is 0. The number of aryl methyl sites for hydroxylation is 1. The van der Waals surface area contributed by atoms with E-state index in [1.807, 2.05) is 25.1 Å². The van der Waals surface area contributed by atoms with E-state index in [1.54, 1.807) is 0 Å². The van der Waals surface area contributed by atoms with Crippen molar-refractivity contribution < 1.29 is 39.4 Å². The van der Waals surface area contributed by atoms with Crippen molar-refractivity contribution in [2.45, 2.75) is 50.6 Å². The van der Waals surface area contributed by atoms with Crippen molar-refractivity contribution in [3.8, 4) is 0 Å². The van der Waals surface area contributed by atoms with Crippen LogP contribution in [0.2, 0.25) is 0 Å². The number of carbonyl (C=O) groups is 2. The van der Waals surface area contributed by atoms with Crippen LogP contribution in [-0.2, 0) is 35.3 Å². The molecule has 2 saturated heterocycles. The second kappa shape index (κ2) is 6.71. The first-order valence-electron chi connectivity index (χ1n) is 8.71. The van der Waals surface area contributed by atoms with E-state index in [4.69, 9.17) is 14.7 Å². The van der Waals surface area contributed by atoms with Gasteiger partial charge in [-0.2, -0.15) is 0 Å². The third-order valence-corrected chi connectivity index (χ3v) is 5.80. The van der Waals surface area contributed by atoms with Gasteiger partial charge in [0.25, 0.3) is 0 Å². The van der Waals surface area contributed by atoms with Crippen LogP contribution in [0.1, 0.15) is 48.3 Å². The van der Waals surface area contributed by atoms with Gasteiger partial charge in [-0.05, 0) is 35.4 Å². The molecule has 2 heterocycles. The highest BCUT2D eigenvalue weighted by Gasteiger charge is 2.54. The van der Waals surface area contributed by atoms with E-state index in [1.165, 1.54) is 0 Å². The highest BCUT2D eigenvalue weighted by molar-refractivity contribution is 6.00. The number of cyclic esters (lactones) is 2. The lowest BCUT2D eigenvalue weighted by molar-refractivity contribution is -0.398. The Hall–Kier alpha value is -1.84. The van der Waals surface area contributed by atoms with Crippen molar-refractivity contribution in [1.82, 2.24) is 0 Å². The smallest absolute Gasteiger partial charge is 0.321 e. The summed E-state index contributed by atoms with van der Waals surface area (Å²) in [6.07, 6.45) is -0.449. The molecule has 4 rings (SSSR count). The van der Waals surface area contributed by atoms with Gasteiger partial charge >= 0.3 is 11.9 Å². The Morgan fingerprint density at radius 1 is 1.08 bits per heavy atom. The van der Waals surface area contributed by atoms with Crippen LogP contribution in [0.15, 0.2) is 18.2 Å². The summed E-state index contributed by atoms with van der Waals surface area (Å²) in [4.78, 5) is 33.1. The lowest BCUT2D eigenvalue weighted by Gasteiger charge is -2.35. The number of hydrogen-bond donors (Lipinski definition) is 2. The molecule has 0 saturated carbocycles. The zero-order chi connectivity index (χ0) is 18.4. The van der Waals surface area contributed by atoms with Crippen LogP contribution in [0.5, 0.6) is 0 Å². The topological polar surface area (TPSA) is 112 Å². The van der Waals surface area contributed by atoms with Gasteiger partial charge < -0.3 is 9.47 Å². The summed E-state index contributed by atoms with van der Waals surface area (Å²) in [6.45, 7) is 2.03.